The van der Waals surface area contributed by atoms with E-state index in [9.17, 15) is 0 Å². The molecule has 0 unspecified atom stereocenters. The minimum Gasteiger partial charge on any atom is -0.315 e. The van der Waals surface area contributed by atoms with Crippen LogP contribution in [0.4, 0.5) is 28.4 Å². The predicted octanol–water partition coefficient (Wildman–Crippen LogP) is 10.6. The van der Waals surface area contributed by atoms with Gasteiger partial charge in [-0.1, -0.05) is 85.5 Å². The Bertz CT molecular complexity index is 1870. The van der Waals surface area contributed by atoms with Crippen molar-refractivity contribution in [1.29, 1.82) is 0 Å². The molecule has 1 heterocycles. The molecule has 0 spiro atoms. The van der Waals surface area contributed by atoms with E-state index in [1.54, 1.807) is 6.08 Å². The molecule has 0 fully saturated rings. The van der Waals surface area contributed by atoms with Crippen molar-refractivity contribution in [2.75, 3.05) is 9.80 Å². The monoisotopic (exact) mass is 556 g/mol. The van der Waals surface area contributed by atoms with Gasteiger partial charge in [-0.15, -0.1) is 0 Å². The van der Waals surface area contributed by atoms with Crippen LogP contribution in [0.15, 0.2) is 176 Å². The third-order valence-corrected chi connectivity index (χ3v) is 7.20. The van der Waals surface area contributed by atoms with E-state index in [0.717, 1.165) is 56.4 Å². The lowest BCUT2D eigenvalue weighted by Gasteiger charge is -2.28. The van der Waals surface area contributed by atoms with E-state index in [0.29, 0.717) is 0 Å². The molecule has 0 aliphatic rings. The fraction of sp³-hybridized carbons (Fsp3) is 0.0256. The second-order valence-corrected chi connectivity index (χ2v) is 10.1. The summed E-state index contributed by atoms with van der Waals surface area (Å²) in [5.41, 5.74) is 10.1. The standard InChI is InChI=1S/C39H32N4/c1-3-4-7-14-30(2)42(32-15-8-5-9-16-32)34-25-27-36(28-26-34)43(33-17-10-6-11-18-33)35-23-21-31(22-24-35)39-29-40-37-19-12-13-20-38(37)41-39/h3-29H,1H2,2H3/b7-4-,30-14+. The van der Waals surface area contributed by atoms with E-state index >= 15 is 0 Å². The van der Waals surface area contributed by atoms with Crippen LogP contribution in [-0.4, -0.2) is 9.97 Å². The van der Waals surface area contributed by atoms with Crippen molar-refractivity contribution in [1.82, 2.24) is 9.97 Å². The molecule has 0 aliphatic heterocycles. The number of nitrogens with zero attached hydrogens (tertiary/aromatic N) is 4. The molecule has 0 bridgehead atoms. The summed E-state index contributed by atoms with van der Waals surface area (Å²) < 4.78 is 0. The summed E-state index contributed by atoms with van der Waals surface area (Å²) in [5, 5.41) is 0. The molecule has 0 aliphatic carbocycles. The van der Waals surface area contributed by atoms with E-state index in [1.165, 1.54) is 0 Å². The van der Waals surface area contributed by atoms with Gasteiger partial charge < -0.3 is 9.80 Å². The highest BCUT2D eigenvalue weighted by atomic mass is 15.2. The van der Waals surface area contributed by atoms with Crippen LogP contribution in [0.3, 0.4) is 0 Å². The van der Waals surface area contributed by atoms with Crippen LogP contribution in [0.25, 0.3) is 22.3 Å². The molecule has 0 atom stereocenters. The molecule has 0 N–H and O–H groups in total. The summed E-state index contributed by atoms with van der Waals surface area (Å²) in [6.45, 7) is 5.90. The van der Waals surface area contributed by atoms with Crippen molar-refractivity contribution >= 4 is 39.5 Å². The molecule has 43 heavy (non-hydrogen) atoms. The van der Waals surface area contributed by atoms with Crippen LogP contribution >= 0.6 is 0 Å². The maximum Gasteiger partial charge on any atom is 0.0894 e. The summed E-state index contributed by atoms with van der Waals surface area (Å²) in [4.78, 5) is 13.9. The Morgan fingerprint density at radius 1 is 0.581 bits per heavy atom. The van der Waals surface area contributed by atoms with Gasteiger partial charge in [-0.05, 0) is 85.8 Å². The molecule has 208 valence electrons. The number of hydrogen-bond acceptors (Lipinski definition) is 4. The average molecular weight is 557 g/mol. The van der Waals surface area contributed by atoms with Gasteiger partial charge in [0.2, 0.25) is 0 Å². The first-order chi connectivity index (χ1) is 21.2. The number of fused-ring (bicyclic) bond motifs is 1. The van der Waals surface area contributed by atoms with E-state index in [-0.39, 0.29) is 0 Å². The summed E-state index contributed by atoms with van der Waals surface area (Å²) in [6, 6.07) is 46.0. The lowest BCUT2D eigenvalue weighted by atomic mass is 10.1. The van der Waals surface area contributed by atoms with E-state index < -0.39 is 0 Å². The highest BCUT2D eigenvalue weighted by Crippen LogP contribution is 2.38. The van der Waals surface area contributed by atoms with Gasteiger partial charge in [0.15, 0.2) is 0 Å². The molecule has 6 rings (SSSR count). The lowest BCUT2D eigenvalue weighted by molar-refractivity contribution is 1.15. The topological polar surface area (TPSA) is 32.3 Å². The normalized spacial score (nSPS) is 11.5. The Morgan fingerprint density at radius 3 is 1.74 bits per heavy atom. The fourth-order valence-electron chi connectivity index (χ4n) is 5.13. The minimum atomic E-state index is 0.855. The Hall–Kier alpha value is -5.74. The zero-order valence-corrected chi connectivity index (χ0v) is 24.1. The predicted molar refractivity (Wildman–Crippen MR) is 181 cm³/mol. The van der Waals surface area contributed by atoms with Gasteiger partial charge in [0.05, 0.1) is 22.9 Å². The van der Waals surface area contributed by atoms with Crippen LogP contribution in [0, 0.1) is 0 Å². The number of anilines is 5. The van der Waals surface area contributed by atoms with Crippen molar-refractivity contribution in [3.8, 4) is 11.3 Å². The van der Waals surface area contributed by atoms with Crippen molar-refractivity contribution in [2.45, 2.75) is 6.92 Å². The van der Waals surface area contributed by atoms with Crippen LogP contribution in [-0.2, 0) is 0 Å². The van der Waals surface area contributed by atoms with Gasteiger partial charge in [0, 0.05) is 39.7 Å². The van der Waals surface area contributed by atoms with Gasteiger partial charge in [-0.2, -0.15) is 0 Å². The highest BCUT2D eigenvalue weighted by molar-refractivity contribution is 5.81. The number of benzene rings is 5. The second-order valence-electron chi connectivity index (χ2n) is 10.1. The Labute approximate surface area is 253 Å². The molecule has 6 aromatic rings. The van der Waals surface area contributed by atoms with Gasteiger partial charge in [0.1, 0.15) is 0 Å². The molecule has 0 amide bonds. The molecule has 0 saturated heterocycles. The Kier molecular flexibility index (Phi) is 8.19. The molecule has 5 aromatic carbocycles. The zero-order valence-electron chi connectivity index (χ0n) is 24.1. The van der Waals surface area contributed by atoms with Crippen LogP contribution < -0.4 is 9.80 Å². The highest BCUT2D eigenvalue weighted by Gasteiger charge is 2.15. The molecule has 4 heteroatoms. The SMILES string of the molecule is C=C/C=C\C=C(/C)N(c1ccccc1)c1ccc(N(c2ccccc2)c2ccc(-c3cnc4ccccc4n3)cc2)cc1. The molecular weight excluding hydrogens is 524 g/mol. The van der Waals surface area contributed by atoms with Gasteiger partial charge in [-0.3, -0.25) is 4.98 Å². The Balaban J connectivity index is 1.35. The van der Waals surface area contributed by atoms with Gasteiger partial charge >= 0.3 is 0 Å². The first-order valence-electron chi connectivity index (χ1n) is 14.3. The zero-order chi connectivity index (χ0) is 29.4. The number of para-hydroxylation sites is 4. The third kappa shape index (κ3) is 6.14. The van der Waals surface area contributed by atoms with Crippen molar-refractivity contribution in [3.05, 3.63) is 176 Å². The lowest BCUT2D eigenvalue weighted by Crippen LogP contribution is -2.15. The first kappa shape index (κ1) is 27.4. The largest absolute Gasteiger partial charge is 0.315 e. The van der Waals surface area contributed by atoms with Crippen LogP contribution in [0.1, 0.15) is 6.92 Å². The number of rotatable bonds is 9. The molecular formula is C39H32N4. The van der Waals surface area contributed by atoms with Gasteiger partial charge in [0.25, 0.3) is 0 Å². The van der Waals surface area contributed by atoms with Crippen LogP contribution in [0.2, 0.25) is 0 Å². The molecule has 0 saturated carbocycles. The van der Waals surface area contributed by atoms with E-state index in [4.69, 9.17) is 4.98 Å². The number of aromatic nitrogens is 2. The second kappa shape index (κ2) is 12.8. The molecule has 1 aromatic heterocycles. The fourth-order valence-corrected chi connectivity index (χ4v) is 5.13. The smallest absolute Gasteiger partial charge is 0.0894 e. The number of hydrogen-bond donors (Lipinski definition) is 0. The third-order valence-electron chi connectivity index (χ3n) is 7.20. The summed E-state index contributed by atoms with van der Waals surface area (Å²) in [7, 11) is 0. The van der Waals surface area contributed by atoms with Crippen molar-refractivity contribution in [2.24, 2.45) is 0 Å². The summed E-state index contributed by atoms with van der Waals surface area (Å²) in [5.74, 6) is 0. The first-order valence-corrected chi connectivity index (χ1v) is 14.3. The maximum absolute atomic E-state index is 4.83. The number of allylic oxidation sites excluding steroid dienone is 5. The average Bonchev–Trinajstić information content (AvgIpc) is 3.07. The van der Waals surface area contributed by atoms with Gasteiger partial charge in [-0.25, -0.2) is 4.98 Å². The van der Waals surface area contributed by atoms with E-state index in [1.807, 2.05) is 54.7 Å². The van der Waals surface area contributed by atoms with Crippen LogP contribution in [0.5, 0.6) is 0 Å². The summed E-state index contributed by atoms with van der Waals surface area (Å²) >= 11 is 0. The van der Waals surface area contributed by atoms with Crippen molar-refractivity contribution < 1.29 is 0 Å². The van der Waals surface area contributed by atoms with E-state index in [2.05, 4.69) is 131 Å². The maximum atomic E-state index is 4.83. The Morgan fingerprint density at radius 2 is 1.09 bits per heavy atom. The summed E-state index contributed by atoms with van der Waals surface area (Å²) in [6.07, 6.45) is 9.67. The molecule has 4 nitrogen and oxygen atoms in total. The van der Waals surface area contributed by atoms with Crippen molar-refractivity contribution in [3.63, 3.8) is 0 Å². The molecule has 0 radical (unpaired) electrons. The quantitative estimate of drug-likeness (QED) is 0.166. The minimum absolute atomic E-state index is 0.855.